The Morgan fingerprint density at radius 3 is 2.75 bits per heavy atom. The predicted octanol–water partition coefficient (Wildman–Crippen LogP) is 5.11. The van der Waals surface area contributed by atoms with Crippen LogP contribution in [0.4, 0.5) is 0 Å². The number of hydrogen-bond acceptors (Lipinski definition) is 3. The molecule has 3 nitrogen and oxygen atoms in total. The van der Waals surface area contributed by atoms with Gasteiger partial charge in [-0.2, -0.15) is 0 Å². The zero-order chi connectivity index (χ0) is 19.2. The fourth-order valence-corrected chi connectivity index (χ4v) is 3.94. The first-order valence-corrected chi connectivity index (χ1v) is 10.2. The maximum absolute atomic E-state index is 6.39. The normalized spacial score (nSPS) is 19.6. The molecule has 28 heavy (non-hydrogen) atoms. The molecular weight excluding hydrogens is 346 g/mol. The molecule has 2 unspecified atom stereocenters. The molecule has 3 aromatic rings. The van der Waals surface area contributed by atoms with Gasteiger partial charge in [0.15, 0.2) is 0 Å². The molecule has 145 valence electrons. The van der Waals surface area contributed by atoms with Gasteiger partial charge in [-0.3, -0.25) is 0 Å². The molecule has 0 saturated carbocycles. The fourth-order valence-electron chi connectivity index (χ4n) is 3.94. The average Bonchev–Trinajstić information content (AvgIpc) is 2.76. The van der Waals surface area contributed by atoms with E-state index in [1.54, 1.807) is 0 Å². The molecule has 4 rings (SSSR count). The Bertz CT molecular complexity index is 908. The van der Waals surface area contributed by atoms with Crippen molar-refractivity contribution < 1.29 is 9.47 Å². The molecule has 1 fully saturated rings. The lowest BCUT2D eigenvalue weighted by Crippen LogP contribution is -2.40. The Balaban J connectivity index is 1.46. The summed E-state index contributed by atoms with van der Waals surface area (Å²) < 4.78 is 12.2. The molecule has 0 aliphatic carbocycles. The van der Waals surface area contributed by atoms with Crippen molar-refractivity contribution in [3.05, 3.63) is 84.8 Å². The minimum atomic E-state index is 0.156. The highest BCUT2D eigenvalue weighted by Crippen LogP contribution is 2.30. The highest BCUT2D eigenvalue weighted by molar-refractivity contribution is 5.82. The summed E-state index contributed by atoms with van der Waals surface area (Å²) in [5.74, 6) is 1.30. The van der Waals surface area contributed by atoms with Crippen molar-refractivity contribution in [1.29, 1.82) is 0 Å². The lowest BCUT2D eigenvalue weighted by atomic mass is 9.87. The quantitative estimate of drug-likeness (QED) is 0.624. The van der Waals surface area contributed by atoms with Crippen LogP contribution >= 0.6 is 0 Å². The Morgan fingerprint density at radius 1 is 0.964 bits per heavy atom. The van der Waals surface area contributed by atoms with E-state index in [0.29, 0.717) is 19.1 Å². The van der Waals surface area contributed by atoms with Crippen molar-refractivity contribution in [1.82, 2.24) is 5.32 Å². The molecular formula is C25H28NO2. The van der Waals surface area contributed by atoms with Crippen LogP contribution in [0, 0.1) is 6.92 Å². The van der Waals surface area contributed by atoms with Crippen LogP contribution in [0.1, 0.15) is 29.9 Å². The number of rotatable bonds is 7. The zero-order valence-electron chi connectivity index (χ0n) is 16.3. The summed E-state index contributed by atoms with van der Waals surface area (Å²) in [6, 6.07) is 23.5. The lowest BCUT2D eigenvalue weighted by molar-refractivity contribution is 0.0106. The second-order valence-corrected chi connectivity index (χ2v) is 7.40. The maximum Gasteiger partial charge on any atom is 0.119 e. The lowest BCUT2D eigenvalue weighted by Gasteiger charge is -2.32. The molecule has 1 radical (unpaired) electrons. The third kappa shape index (κ3) is 4.54. The van der Waals surface area contributed by atoms with Crippen molar-refractivity contribution in [3.8, 4) is 5.75 Å². The third-order valence-electron chi connectivity index (χ3n) is 5.40. The summed E-state index contributed by atoms with van der Waals surface area (Å²) in [7, 11) is 0. The van der Waals surface area contributed by atoms with E-state index in [4.69, 9.17) is 9.47 Å². The van der Waals surface area contributed by atoms with Gasteiger partial charge in [0.2, 0.25) is 0 Å². The van der Waals surface area contributed by atoms with Crippen molar-refractivity contribution in [2.75, 3.05) is 19.7 Å². The van der Waals surface area contributed by atoms with Gasteiger partial charge in [-0.25, -0.2) is 0 Å². The van der Waals surface area contributed by atoms with Crippen molar-refractivity contribution in [2.24, 2.45) is 0 Å². The van der Waals surface area contributed by atoms with Gasteiger partial charge in [0, 0.05) is 12.5 Å². The van der Waals surface area contributed by atoms with Crippen LogP contribution in [0.2, 0.25) is 0 Å². The van der Waals surface area contributed by atoms with E-state index in [0.717, 1.165) is 31.7 Å². The summed E-state index contributed by atoms with van der Waals surface area (Å²) in [6.45, 7) is 7.02. The topological polar surface area (TPSA) is 30.5 Å². The number of benzene rings is 3. The van der Waals surface area contributed by atoms with Crippen molar-refractivity contribution in [3.63, 3.8) is 0 Å². The van der Waals surface area contributed by atoms with E-state index >= 15 is 0 Å². The number of nitrogens with one attached hydrogen (secondary N) is 1. The summed E-state index contributed by atoms with van der Waals surface area (Å²) in [5.41, 5.74) is 2.52. The van der Waals surface area contributed by atoms with E-state index in [-0.39, 0.29) is 6.10 Å². The van der Waals surface area contributed by atoms with Crippen LogP contribution in [0.3, 0.4) is 0 Å². The third-order valence-corrected chi connectivity index (χ3v) is 5.40. The Hall–Kier alpha value is -2.36. The van der Waals surface area contributed by atoms with E-state index in [2.05, 4.69) is 72.9 Å². The zero-order valence-corrected chi connectivity index (χ0v) is 16.3. The molecule has 0 aromatic heterocycles. The average molecular weight is 375 g/mol. The number of hydrogen-bond donors (Lipinski definition) is 1. The number of ether oxygens (including phenoxy) is 2. The van der Waals surface area contributed by atoms with Crippen LogP contribution in [0.5, 0.6) is 5.75 Å². The van der Waals surface area contributed by atoms with Crippen LogP contribution < -0.4 is 10.1 Å². The summed E-state index contributed by atoms with van der Waals surface area (Å²) in [5, 5.41) is 6.01. The first-order valence-electron chi connectivity index (χ1n) is 10.2. The SMILES string of the molecule is [CH2]CCOc1cccc(C2CCNCC2OCc2ccc3ccccc3c2)c1. The van der Waals surface area contributed by atoms with E-state index in [9.17, 15) is 0 Å². The molecule has 0 spiro atoms. The molecule has 1 saturated heterocycles. The highest BCUT2D eigenvalue weighted by atomic mass is 16.5. The molecule has 1 N–H and O–H groups in total. The summed E-state index contributed by atoms with van der Waals surface area (Å²) >= 11 is 0. The van der Waals surface area contributed by atoms with Crippen molar-refractivity contribution >= 4 is 10.8 Å². The molecule has 0 amide bonds. The molecule has 2 atom stereocenters. The van der Waals surface area contributed by atoms with E-state index < -0.39 is 0 Å². The molecule has 1 aliphatic heterocycles. The van der Waals surface area contributed by atoms with Gasteiger partial charge in [0.1, 0.15) is 5.75 Å². The standard InChI is InChI=1S/C25H28NO2/c1-2-14-27-23-9-5-8-22(16-23)24-12-13-26-17-25(24)28-18-19-10-11-20-6-3-4-7-21(20)15-19/h3-11,15-16,24-26H,1-2,12-14,17-18H2. The van der Waals surface area contributed by atoms with Gasteiger partial charge in [-0.15, -0.1) is 0 Å². The molecule has 3 aromatic carbocycles. The first kappa shape index (κ1) is 19.0. The van der Waals surface area contributed by atoms with Gasteiger partial charge >= 0.3 is 0 Å². The van der Waals surface area contributed by atoms with Gasteiger partial charge < -0.3 is 14.8 Å². The minimum Gasteiger partial charge on any atom is -0.494 e. The molecule has 3 heteroatoms. The predicted molar refractivity (Wildman–Crippen MR) is 115 cm³/mol. The van der Waals surface area contributed by atoms with Crippen LogP contribution in [-0.2, 0) is 11.3 Å². The maximum atomic E-state index is 6.39. The second-order valence-electron chi connectivity index (χ2n) is 7.40. The highest BCUT2D eigenvalue weighted by Gasteiger charge is 2.27. The fraction of sp³-hybridized carbons (Fsp3) is 0.320. The first-order chi connectivity index (χ1) is 13.8. The van der Waals surface area contributed by atoms with Crippen LogP contribution in [-0.4, -0.2) is 25.8 Å². The molecule has 1 heterocycles. The van der Waals surface area contributed by atoms with Gasteiger partial charge in [-0.05, 0) is 66.4 Å². The van der Waals surface area contributed by atoms with Crippen LogP contribution in [0.15, 0.2) is 66.7 Å². The van der Waals surface area contributed by atoms with Crippen LogP contribution in [0.25, 0.3) is 10.8 Å². The van der Waals surface area contributed by atoms with E-state index in [1.165, 1.54) is 21.9 Å². The smallest absolute Gasteiger partial charge is 0.119 e. The number of fused-ring (bicyclic) bond motifs is 1. The summed E-state index contributed by atoms with van der Waals surface area (Å²) in [6.07, 6.45) is 2.00. The molecule has 1 aliphatic rings. The minimum absolute atomic E-state index is 0.156. The monoisotopic (exact) mass is 374 g/mol. The Morgan fingerprint density at radius 2 is 1.86 bits per heavy atom. The Kier molecular flexibility index (Phi) is 6.25. The summed E-state index contributed by atoms with van der Waals surface area (Å²) in [4.78, 5) is 0. The molecule has 0 bridgehead atoms. The van der Waals surface area contributed by atoms with Gasteiger partial charge in [0.25, 0.3) is 0 Å². The van der Waals surface area contributed by atoms with Gasteiger partial charge in [-0.1, -0.05) is 48.5 Å². The Labute approximate surface area is 167 Å². The second kappa shape index (κ2) is 9.22. The van der Waals surface area contributed by atoms with Crippen molar-refractivity contribution in [2.45, 2.75) is 31.5 Å². The number of piperidine rings is 1. The largest absolute Gasteiger partial charge is 0.494 e. The van der Waals surface area contributed by atoms with E-state index in [1.807, 2.05) is 6.07 Å². The van der Waals surface area contributed by atoms with Gasteiger partial charge in [0.05, 0.1) is 19.3 Å².